The number of nitrogens with zero attached hydrogens (tertiary/aromatic N) is 7. The summed E-state index contributed by atoms with van der Waals surface area (Å²) in [6.07, 6.45) is 8.57. The Labute approximate surface area is 707 Å². The summed E-state index contributed by atoms with van der Waals surface area (Å²) in [5.74, 6) is 2.93. The smallest absolute Gasteiger partial charge is 0.199 e. The van der Waals surface area contributed by atoms with Gasteiger partial charge in [-0.3, -0.25) is 19.9 Å². The van der Waals surface area contributed by atoms with Crippen molar-refractivity contribution in [1.29, 1.82) is 0 Å². The van der Waals surface area contributed by atoms with Crippen molar-refractivity contribution in [2.75, 3.05) is 14.2 Å². The zero-order valence-electron chi connectivity index (χ0n) is 62.9. The van der Waals surface area contributed by atoms with Crippen molar-refractivity contribution in [2.24, 2.45) is 7.05 Å². The van der Waals surface area contributed by atoms with Crippen LogP contribution in [0.1, 0.15) is 65.4 Å². The van der Waals surface area contributed by atoms with E-state index >= 15 is 0 Å². The van der Waals surface area contributed by atoms with Crippen molar-refractivity contribution >= 4 is 71.6 Å². The second-order valence-corrected chi connectivity index (χ2v) is 25.5. The minimum absolute atomic E-state index is 0. The van der Waals surface area contributed by atoms with Gasteiger partial charge in [0.05, 0.1) is 35.3 Å². The molecule has 5 aromatic heterocycles. The molecule has 0 spiro atoms. The first-order valence-corrected chi connectivity index (χ1v) is 33.3. The Morgan fingerprint density at radius 3 is 1.44 bits per heavy atom. The fraction of sp³-hybridized carbons (Fsp3) is 0.125. The summed E-state index contributed by atoms with van der Waals surface area (Å²) in [6.45, 7) is 14.6. The first-order valence-electron chi connectivity index (χ1n) is 33.3. The summed E-state index contributed by atoms with van der Waals surface area (Å²) in [5.41, 5.74) is 19.5. The zero-order chi connectivity index (χ0) is 72.2. The molecule has 1 aliphatic heterocycles. The number of allylic oxidation sites excluding steroid dienone is 2. The Hall–Kier alpha value is -9.16. The van der Waals surface area contributed by atoms with E-state index in [2.05, 4.69) is 113 Å². The van der Waals surface area contributed by atoms with E-state index in [1.165, 1.54) is 22.3 Å². The van der Waals surface area contributed by atoms with Gasteiger partial charge >= 0.3 is 0 Å². The zero-order valence-corrected chi connectivity index (χ0v) is 80.7. The standard InChI is InChI=1S/C23H17NO.C17H15NO.C14H12N2O.C13H15NO.C11H11NO.C10H9NO2.6Zn/c1-24-21(19-14-8-9-15-22(19)25)16-20(17-10-4-2-5-11-17)23(24)18-12-6-3-7-13-18;1-11-5-3-6-12(2)16(11)13-8-9-15(19)17-14(13)7-4-10-18-17;1-16-12-8-4-3-7-11(12)15-14(16)10-6-2-5-9-13(10)17;1-13(2,3)10-6-7-11(15)12-9(10)5-4-8-14-12;1-7-3-6-10(13)11-9(7)5-4-8(2)12-11;1-13-9-5-4-8(12)10-7(9)3-2-6-11-10;;;;;;/h2-15H,1H3;3-10,19H,1-2H3;2-9,17H,1H3;4-8,15H,1-3H3;3-6,13H,1-2H3;2-6,12H,1H3;;;;;;/p+1. The van der Waals surface area contributed by atoms with Gasteiger partial charge in [0.15, 0.2) is 17.0 Å². The van der Waals surface area contributed by atoms with Crippen molar-refractivity contribution in [3.63, 3.8) is 0 Å². The monoisotopic (exact) mass is 1730 g/mol. The molecule has 0 unspecified atom stereocenters. The third-order valence-electron chi connectivity index (χ3n) is 17.5. The van der Waals surface area contributed by atoms with Crippen LogP contribution in [0.15, 0.2) is 267 Å². The second-order valence-electron chi connectivity index (χ2n) is 25.5. The molecule has 20 heteroatoms. The molecule has 1 aliphatic rings. The van der Waals surface area contributed by atoms with Gasteiger partial charge in [0, 0.05) is 182 Å². The number of methoxy groups -OCH3 is 1. The molecule has 0 bridgehead atoms. The molecule has 520 valence electrons. The van der Waals surface area contributed by atoms with Gasteiger partial charge < -0.3 is 39.9 Å². The predicted octanol–water partition coefficient (Wildman–Crippen LogP) is 19.9. The van der Waals surface area contributed by atoms with Crippen molar-refractivity contribution in [3.8, 4) is 62.8 Å². The molecule has 14 nitrogen and oxygen atoms in total. The number of hydrogen-bond donors (Lipinski definition) is 6. The van der Waals surface area contributed by atoms with Crippen LogP contribution in [-0.2, 0) is 129 Å². The molecule has 0 saturated heterocycles. The Bertz CT molecular complexity index is 5570. The Balaban J connectivity index is 0.000000233. The molecule has 0 fully saturated rings. The topological polar surface area (TPSA) is 203 Å². The molecule has 108 heavy (non-hydrogen) atoms. The molecule has 0 amide bonds. The van der Waals surface area contributed by atoms with E-state index in [9.17, 15) is 30.6 Å². The van der Waals surface area contributed by atoms with Crippen LogP contribution in [0.4, 0.5) is 0 Å². The molecule has 0 aliphatic carbocycles. The molecule has 0 radical (unpaired) electrons. The van der Waals surface area contributed by atoms with Gasteiger partial charge in [-0.1, -0.05) is 142 Å². The number of para-hydroxylation sites is 4. The van der Waals surface area contributed by atoms with E-state index in [1.807, 2.05) is 196 Å². The maximum atomic E-state index is 10.3. The number of phenols is 6. The van der Waals surface area contributed by atoms with Crippen LogP contribution in [0.25, 0.3) is 94.1 Å². The maximum absolute atomic E-state index is 10.3. The number of phenolic OH excluding ortho intramolecular Hbond substituents is 6. The van der Waals surface area contributed by atoms with Crippen molar-refractivity contribution in [1.82, 2.24) is 34.4 Å². The summed E-state index contributed by atoms with van der Waals surface area (Å²) in [6, 6.07) is 79.1. The van der Waals surface area contributed by atoms with E-state index < -0.39 is 0 Å². The number of aryl methyl sites for hydroxylation is 5. The molecule has 15 aromatic rings. The normalized spacial score (nSPS) is 10.9. The van der Waals surface area contributed by atoms with Gasteiger partial charge in [-0.15, -0.1) is 0 Å². The summed E-state index contributed by atoms with van der Waals surface area (Å²) >= 11 is 0. The number of fused-ring (bicyclic) bond motifs is 5. The number of imidazole rings is 1. The van der Waals surface area contributed by atoms with E-state index in [1.54, 1.807) is 68.2 Å². The van der Waals surface area contributed by atoms with E-state index in [0.29, 0.717) is 22.1 Å². The number of aromatic hydroxyl groups is 6. The molecule has 6 heterocycles. The molecular weight excluding hydrogens is 1660 g/mol. The fourth-order valence-electron chi connectivity index (χ4n) is 12.4. The van der Waals surface area contributed by atoms with E-state index in [4.69, 9.17) is 4.74 Å². The Kier molecular flexibility index (Phi) is 33.9. The van der Waals surface area contributed by atoms with E-state index in [-0.39, 0.29) is 157 Å². The largest absolute Gasteiger partial charge is 0.507 e. The van der Waals surface area contributed by atoms with Crippen LogP contribution in [0.3, 0.4) is 0 Å². The van der Waals surface area contributed by atoms with Crippen LogP contribution >= 0.6 is 0 Å². The minimum atomic E-state index is 0. The molecular formula is C88H80N7O7Zn6+. The summed E-state index contributed by atoms with van der Waals surface area (Å²) in [4.78, 5) is 23.5. The van der Waals surface area contributed by atoms with Gasteiger partial charge in [-0.2, -0.15) is 0 Å². The number of hydrogen-bond acceptors (Lipinski definition) is 13. The predicted molar refractivity (Wildman–Crippen MR) is 413 cm³/mol. The van der Waals surface area contributed by atoms with Gasteiger partial charge in [0.1, 0.15) is 73.6 Å². The molecule has 6 N–H and O–H groups in total. The SMILES string of the molecule is CC(C)(C)c1ccc(O)c2ncccc12.CN1C(c2ccccc2O)=[C+]C(c2ccccc2)=C1c1ccccc1.COc1ccc(O)c2ncccc12.Cc1ccc2c(C)ccc(O)c2n1.Cc1cccc(C)c1-c1ccc(O)c2ncccc12.Cn1c(-c2ccccc2O)nc2ccccc21.[Zn].[Zn].[Zn].[Zn].[Zn].[Zn]. The van der Waals surface area contributed by atoms with Crippen LogP contribution in [0.2, 0.25) is 0 Å². The third-order valence-corrected chi connectivity index (χ3v) is 17.5. The van der Waals surface area contributed by atoms with E-state index in [0.717, 1.165) is 100 Å². The van der Waals surface area contributed by atoms with Crippen LogP contribution in [0, 0.1) is 33.8 Å². The van der Waals surface area contributed by atoms with Gasteiger partial charge in [0.25, 0.3) is 0 Å². The average molecular weight is 1740 g/mol. The molecule has 0 saturated carbocycles. The van der Waals surface area contributed by atoms with Gasteiger partial charge in [-0.25, -0.2) is 9.97 Å². The quantitative estimate of drug-likeness (QED) is 0.0679. The second kappa shape index (κ2) is 40.9. The van der Waals surface area contributed by atoms with Crippen molar-refractivity contribution in [3.05, 3.63) is 318 Å². The molecule has 0 atom stereocenters. The van der Waals surface area contributed by atoms with Crippen LogP contribution < -0.4 is 4.74 Å². The number of rotatable bonds is 6. The number of ether oxygens (including phenoxy) is 1. The Morgan fingerprint density at radius 2 is 0.861 bits per heavy atom. The van der Waals surface area contributed by atoms with Crippen molar-refractivity contribution < 1.29 is 152 Å². The first-order chi connectivity index (χ1) is 49.2. The van der Waals surface area contributed by atoms with Crippen molar-refractivity contribution in [2.45, 2.75) is 53.9 Å². The molecule has 10 aromatic carbocycles. The maximum Gasteiger partial charge on any atom is 0.199 e. The number of pyridine rings is 4. The van der Waals surface area contributed by atoms with Crippen LogP contribution in [-0.4, -0.2) is 79.2 Å². The summed E-state index contributed by atoms with van der Waals surface area (Å²) in [5, 5.41) is 62.7. The number of benzene rings is 10. The van der Waals surface area contributed by atoms with Gasteiger partial charge in [0.2, 0.25) is 0 Å². The fourth-order valence-corrected chi connectivity index (χ4v) is 12.4. The number of aromatic nitrogens is 6. The third kappa shape index (κ3) is 20.6. The average Bonchev–Trinajstić information content (AvgIpc) is 1.80. The summed E-state index contributed by atoms with van der Waals surface area (Å²) < 4.78 is 7.12. The minimum Gasteiger partial charge on any atom is -0.507 e. The first kappa shape index (κ1) is 89.5. The Morgan fingerprint density at radius 1 is 0.380 bits per heavy atom. The van der Waals surface area contributed by atoms with Gasteiger partial charge in [-0.05, 0) is 194 Å². The molecule has 16 rings (SSSR count). The van der Waals surface area contributed by atoms with Crippen LogP contribution in [0.5, 0.6) is 40.2 Å². The summed E-state index contributed by atoms with van der Waals surface area (Å²) in [7, 11) is 5.57.